The second-order valence-corrected chi connectivity index (χ2v) is 24.4. The number of carbonyl (C=O) groups is 2. The van der Waals surface area contributed by atoms with Gasteiger partial charge in [0.05, 0.1) is 30.4 Å². The quantitative estimate of drug-likeness (QED) is 0.0751. The fraction of sp³-hybridized carbons (Fsp3) is 0.549. The van der Waals surface area contributed by atoms with Gasteiger partial charge >= 0.3 is 6.18 Å². The zero-order chi connectivity index (χ0) is 47.1. The molecule has 1 unspecified atom stereocenters. The predicted molar refractivity (Wildman–Crippen MR) is 247 cm³/mol. The van der Waals surface area contributed by atoms with Crippen molar-refractivity contribution in [3.63, 3.8) is 0 Å². The number of nitrogens with zero attached hydrogens (tertiary/aromatic N) is 3. The van der Waals surface area contributed by atoms with Crippen LogP contribution in [0.4, 0.5) is 13.2 Å². The van der Waals surface area contributed by atoms with Gasteiger partial charge in [-0.15, -0.1) is 13.2 Å². The molecule has 0 radical (unpaired) electrons. The lowest BCUT2D eigenvalue weighted by molar-refractivity contribution is -0.139. The van der Waals surface area contributed by atoms with Gasteiger partial charge < -0.3 is 23.5 Å². The average Bonchev–Trinajstić information content (AvgIpc) is 3.88. The number of hydrogen-bond acceptors (Lipinski definition) is 10. The van der Waals surface area contributed by atoms with Crippen molar-refractivity contribution >= 4 is 19.9 Å². The molecule has 0 bridgehead atoms. The summed E-state index contributed by atoms with van der Waals surface area (Å²) in [6.07, 6.45) is 2.39. The molecule has 3 aliphatic carbocycles. The summed E-state index contributed by atoms with van der Waals surface area (Å²) in [5.41, 5.74) is -2.39. The van der Waals surface area contributed by atoms with Crippen LogP contribution in [0.25, 0.3) is 0 Å². The number of Topliss-reactive ketones (excluding diaryl/α,β-unsaturated/α-hetero) is 2. The van der Waals surface area contributed by atoms with E-state index in [-0.39, 0.29) is 84.4 Å². The highest BCUT2D eigenvalue weighted by atomic mass is 28.4. The van der Waals surface area contributed by atoms with E-state index in [1.807, 2.05) is 82.9 Å². The van der Waals surface area contributed by atoms with Gasteiger partial charge in [0.15, 0.2) is 25.5 Å². The molecule has 3 aromatic rings. The molecule has 7 rings (SSSR count). The van der Waals surface area contributed by atoms with Crippen molar-refractivity contribution in [2.75, 3.05) is 32.8 Å². The van der Waals surface area contributed by atoms with Crippen molar-refractivity contribution in [1.29, 1.82) is 0 Å². The molecule has 4 aliphatic rings. The van der Waals surface area contributed by atoms with Gasteiger partial charge in [0.1, 0.15) is 17.1 Å². The number of allylic oxidation sites excluding steroid dienone is 1. The molecule has 1 saturated heterocycles. The average molecular weight is 918 g/mol. The molecule has 0 amide bonds. The Kier molecular flexibility index (Phi) is 14.2. The minimum absolute atomic E-state index is 0.00364. The fourth-order valence-electron chi connectivity index (χ4n) is 10.3. The highest BCUT2D eigenvalue weighted by molar-refractivity contribution is 6.74. The number of carbonyl (C=O) groups excluding carboxylic acids is 2. The number of halogens is 3. The van der Waals surface area contributed by atoms with Crippen molar-refractivity contribution in [3.05, 3.63) is 112 Å². The summed E-state index contributed by atoms with van der Waals surface area (Å²) in [7, 11) is -3.07. The summed E-state index contributed by atoms with van der Waals surface area (Å²) in [6.45, 7) is 24.0. The highest BCUT2D eigenvalue weighted by Crippen LogP contribution is 2.61. The molecule has 14 heteroatoms. The molecular weight excluding hydrogens is 852 g/mol. The van der Waals surface area contributed by atoms with Gasteiger partial charge in [0.25, 0.3) is 5.88 Å². The molecule has 1 N–H and O–H groups in total. The first-order valence-electron chi connectivity index (χ1n) is 23.3. The third-order valence-electron chi connectivity index (χ3n) is 14.4. The molecule has 2 heterocycles. The molecule has 65 heavy (non-hydrogen) atoms. The van der Waals surface area contributed by atoms with Gasteiger partial charge in [-0.05, 0) is 97.0 Å². The molecule has 10 nitrogen and oxygen atoms in total. The largest absolute Gasteiger partial charge is 0.508 e. The standard InChI is InChI=1S/C51H66F3N3O7Si/c1-10-14-26-61-38-30-34(37-22-19-25-57(37)31-32-20-17-16-18-21-32)42(51(52,53)54)35-28-33-29-36-43(56(23-12-3)24-13-4)45-41(48(55-63-45)62-27-15-11-2)47(60)50(36,64-65(8,9)49(5,6)7)46(59)39(33)44(58)40(35)38/h12-13,16-18,20-21,30,33,36-37,43,59H,3-4,10-11,14-15,19,22-29,31H2,1-2,5-9H3/t33-,36-,37?,43-,50-/m0/s1. The van der Waals surface area contributed by atoms with Crippen molar-refractivity contribution in [1.82, 2.24) is 15.0 Å². The maximum Gasteiger partial charge on any atom is 0.417 e. The van der Waals surface area contributed by atoms with Crippen LogP contribution in [0.15, 0.2) is 77.6 Å². The van der Waals surface area contributed by atoms with E-state index in [1.165, 1.54) is 6.07 Å². The molecule has 1 aliphatic heterocycles. The maximum absolute atomic E-state index is 16.1. The summed E-state index contributed by atoms with van der Waals surface area (Å²) in [5.74, 6) is -3.71. The Morgan fingerprint density at radius 3 is 2.29 bits per heavy atom. The summed E-state index contributed by atoms with van der Waals surface area (Å²) in [4.78, 5) is 35.4. The van der Waals surface area contributed by atoms with Gasteiger partial charge in [-0.3, -0.25) is 19.4 Å². The van der Waals surface area contributed by atoms with E-state index in [9.17, 15) is 5.11 Å². The lowest BCUT2D eigenvalue weighted by Crippen LogP contribution is -2.65. The SMILES string of the molecule is C=CCN(CC=C)[C@@H]1c2onc(OCCCC)c2C(=O)[C@@]2(O[Si](C)(C)C(C)(C)C)C(O)=C3C(=O)c4c(OCCCC)cc(C5CCCN5Cc5ccccc5)c(C(F)(F)F)c4C[C@H]3C[C@@H]12. The molecule has 352 valence electrons. The van der Waals surface area contributed by atoms with Crippen LogP contribution in [0, 0.1) is 11.8 Å². The molecule has 5 atom stereocenters. The van der Waals surface area contributed by atoms with Crippen LogP contribution in [-0.2, 0) is 23.6 Å². The van der Waals surface area contributed by atoms with Crippen LogP contribution in [-0.4, -0.2) is 78.4 Å². The Hall–Kier alpha value is -4.50. The Bertz CT molecular complexity index is 2290. The number of aromatic nitrogens is 1. The number of alkyl halides is 3. The van der Waals surface area contributed by atoms with Crippen LogP contribution < -0.4 is 9.47 Å². The van der Waals surface area contributed by atoms with E-state index in [2.05, 4.69) is 23.2 Å². The predicted octanol–water partition coefficient (Wildman–Crippen LogP) is 11.9. The normalized spacial score (nSPS) is 23.6. The summed E-state index contributed by atoms with van der Waals surface area (Å²) < 4.78 is 74.1. The Balaban J connectivity index is 1.49. The zero-order valence-electron chi connectivity index (χ0n) is 39.1. The zero-order valence-corrected chi connectivity index (χ0v) is 40.1. The van der Waals surface area contributed by atoms with Crippen molar-refractivity contribution in [2.45, 2.75) is 135 Å². The van der Waals surface area contributed by atoms with Crippen LogP contribution in [0.3, 0.4) is 0 Å². The first kappa shape index (κ1) is 48.4. The Morgan fingerprint density at radius 2 is 1.68 bits per heavy atom. The molecule has 0 spiro atoms. The van der Waals surface area contributed by atoms with E-state index >= 15 is 22.8 Å². The number of likely N-dealkylation sites (tertiary alicyclic amines) is 1. The molecule has 0 saturated carbocycles. The number of hydrogen-bond donors (Lipinski definition) is 1. The lowest BCUT2D eigenvalue weighted by Gasteiger charge is -2.55. The van der Waals surface area contributed by atoms with Gasteiger partial charge in [-0.2, -0.15) is 13.2 Å². The van der Waals surface area contributed by atoms with Crippen LogP contribution >= 0.6 is 0 Å². The number of aliphatic hydroxyl groups excluding tert-OH is 1. The van der Waals surface area contributed by atoms with Gasteiger partial charge in [0.2, 0.25) is 5.78 Å². The summed E-state index contributed by atoms with van der Waals surface area (Å²) in [6, 6.07) is 9.71. The van der Waals surface area contributed by atoms with E-state index in [4.69, 9.17) is 18.4 Å². The third kappa shape index (κ3) is 8.80. The minimum atomic E-state index is -4.84. The van der Waals surface area contributed by atoms with E-state index in [1.54, 1.807) is 12.2 Å². The smallest absolute Gasteiger partial charge is 0.417 e. The van der Waals surface area contributed by atoms with E-state index in [0.717, 1.165) is 18.4 Å². The van der Waals surface area contributed by atoms with Gasteiger partial charge in [-0.1, -0.05) is 89.9 Å². The summed E-state index contributed by atoms with van der Waals surface area (Å²) in [5, 5.41) is 17.0. The van der Waals surface area contributed by atoms with Gasteiger partial charge in [-0.25, -0.2) is 0 Å². The van der Waals surface area contributed by atoms with Crippen molar-refractivity contribution in [3.8, 4) is 11.6 Å². The first-order chi connectivity index (χ1) is 30.9. The lowest BCUT2D eigenvalue weighted by atomic mass is 9.58. The maximum atomic E-state index is 16.1. The molecular formula is C51H66F3N3O7Si. The van der Waals surface area contributed by atoms with Crippen LogP contribution in [0.5, 0.6) is 11.6 Å². The number of fused-ring (bicyclic) bond motifs is 4. The molecule has 1 fully saturated rings. The number of rotatable bonds is 18. The number of aliphatic hydroxyl groups is 1. The topological polar surface area (TPSA) is 115 Å². The number of benzene rings is 2. The van der Waals surface area contributed by atoms with E-state index in [0.29, 0.717) is 38.8 Å². The molecule has 1 aromatic heterocycles. The summed E-state index contributed by atoms with van der Waals surface area (Å²) >= 11 is 0. The number of unbranched alkanes of at least 4 members (excludes halogenated alkanes) is 2. The Morgan fingerprint density at radius 1 is 1.02 bits per heavy atom. The monoisotopic (exact) mass is 917 g/mol. The highest BCUT2D eigenvalue weighted by Gasteiger charge is 2.68. The second kappa shape index (κ2) is 19.0. The Labute approximate surface area is 383 Å². The van der Waals surface area contributed by atoms with E-state index < -0.39 is 71.9 Å². The van der Waals surface area contributed by atoms with Crippen LogP contribution in [0.2, 0.25) is 18.1 Å². The van der Waals surface area contributed by atoms with Crippen molar-refractivity contribution < 1.29 is 46.3 Å². The van der Waals surface area contributed by atoms with Crippen LogP contribution in [0.1, 0.15) is 140 Å². The molecule has 2 aromatic carbocycles. The minimum Gasteiger partial charge on any atom is -0.508 e. The third-order valence-corrected chi connectivity index (χ3v) is 18.8. The number of ether oxygens (including phenoxy) is 2. The fourth-order valence-corrected chi connectivity index (χ4v) is 11.8. The number of ketones is 2. The second-order valence-electron chi connectivity index (χ2n) is 19.7. The van der Waals surface area contributed by atoms with Gasteiger partial charge in [0, 0.05) is 37.2 Å². The first-order valence-corrected chi connectivity index (χ1v) is 26.3. The van der Waals surface area contributed by atoms with Crippen molar-refractivity contribution in [2.24, 2.45) is 11.8 Å².